The maximum Gasteiger partial charge on any atom is 0.264 e. The van der Waals surface area contributed by atoms with Gasteiger partial charge in [0.1, 0.15) is 4.83 Å². The molecular weight excluding hydrogens is 524 g/mol. The number of primary amides is 1. The molecule has 0 saturated heterocycles. The van der Waals surface area contributed by atoms with Crippen molar-refractivity contribution >= 4 is 62.4 Å². The molecule has 0 aliphatic rings. The average molecular weight is 547 g/mol. The number of thiophene rings is 1. The van der Waals surface area contributed by atoms with Crippen molar-refractivity contribution in [1.29, 1.82) is 0 Å². The Labute approximate surface area is 224 Å². The largest absolute Gasteiger partial charge is 0.365 e. The molecule has 3 aromatic heterocycles. The number of hydrogen-bond acceptors (Lipinski definition) is 8. The summed E-state index contributed by atoms with van der Waals surface area (Å²) >= 11 is 2.25. The highest BCUT2D eigenvalue weighted by Crippen LogP contribution is 2.31. The van der Waals surface area contributed by atoms with Gasteiger partial charge < -0.3 is 11.1 Å². The van der Waals surface area contributed by atoms with E-state index < -0.39 is 5.91 Å². The Morgan fingerprint density at radius 1 is 1.05 bits per heavy atom. The molecule has 0 bridgehead atoms. The van der Waals surface area contributed by atoms with Gasteiger partial charge in [0, 0.05) is 11.3 Å². The Kier molecular flexibility index (Phi) is 6.83. The summed E-state index contributed by atoms with van der Waals surface area (Å²) in [6.07, 6.45) is 0. The van der Waals surface area contributed by atoms with E-state index in [1.54, 1.807) is 35.6 Å². The highest BCUT2D eigenvalue weighted by atomic mass is 32.2. The third-order valence-corrected chi connectivity index (χ3v) is 8.18. The Bertz CT molecular complexity index is 1770. The summed E-state index contributed by atoms with van der Waals surface area (Å²) in [5.41, 5.74) is 7.81. The molecule has 0 unspecified atom stereocenters. The van der Waals surface area contributed by atoms with Crippen molar-refractivity contribution in [1.82, 2.24) is 19.2 Å². The molecule has 12 heteroatoms. The second-order valence-corrected chi connectivity index (χ2v) is 10.5. The fourth-order valence-electron chi connectivity index (χ4n) is 4.10. The molecule has 0 fully saturated rings. The van der Waals surface area contributed by atoms with Crippen molar-refractivity contribution in [3.8, 4) is 0 Å². The Morgan fingerprint density at radius 2 is 1.76 bits per heavy atom. The van der Waals surface area contributed by atoms with Crippen LogP contribution in [0.1, 0.15) is 38.1 Å². The number of hydrogen-bond donors (Lipinski definition) is 2. The Balaban J connectivity index is 1.52. The van der Waals surface area contributed by atoms with E-state index in [4.69, 9.17) is 5.73 Å². The van der Waals surface area contributed by atoms with E-state index in [0.29, 0.717) is 38.0 Å². The molecule has 0 atom stereocenters. The maximum atomic E-state index is 13.6. The lowest BCUT2D eigenvalue weighted by Gasteiger charge is -2.10. The zero-order valence-electron chi connectivity index (χ0n) is 20.4. The molecule has 38 heavy (non-hydrogen) atoms. The SMILES string of the molecule is CC(=O)c1ccc(NC(=O)CSc2nnc3n(Cc4ccccc4)c(=O)c4c(C)c(C(N)=O)sc4n23)cc1. The highest BCUT2D eigenvalue weighted by Gasteiger charge is 2.24. The second-order valence-electron chi connectivity index (χ2n) is 8.57. The molecule has 0 aliphatic heterocycles. The number of benzene rings is 2. The number of ketones is 1. The highest BCUT2D eigenvalue weighted by molar-refractivity contribution is 7.99. The molecule has 5 rings (SSSR count). The number of Topliss-reactive ketones (excluding diaryl/α,β-unsaturated/α-hetero) is 1. The van der Waals surface area contributed by atoms with E-state index in [1.807, 2.05) is 30.3 Å². The van der Waals surface area contributed by atoms with Gasteiger partial charge in [-0.25, -0.2) is 4.40 Å². The van der Waals surface area contributed by atoms with Crippen molar-refractivity contribution in [2.45, 2.75) is 25.5 Å². The number of rotatable bonds is 8. The molecule has 0 radical (unpaired) electrons. The van der Waals surface area contributed by atoms with Gasteiger partial charge in [0.15, 0.2) is 10.9 Å². The van der Waals surface area contributed by atoms with Crippen LogP contribution in [0.2, 0.25) is 0 Å². The fraction of sp³-hybridized carbons (Fsp3) is 0.154. The first-order chi connectivity index (χ1) is 18.2. The predicted octanol–water partition coefficient (Wildman–Crippen LogP) is 3.49. The molecule has 5 aromatic rings. The summed E-state index contributed by atoms with van der Waals surface area (Å²) in [5, 5.41) is 12.1. The van der Waals surface area contributed by atoms with Crippen LogP contribution < -0.4 is 16.6 Å². The smallest absolute Gasteiger partial charge is 0.264 e. The predicted molar refractivity (Wildman–Crippen MR) is 147 cm³/mol. The van der Waals surface area contributed by atoms with E-state index in [-0.39, 0.29) is 34.4 Å². The molecule has 0 spiro atoms. The van der Waals surface area contributed by atoms with Crippen molar-refractivity contribution in [3.05, 3.63) is 86.5 Å². The van der Waals surface area contributed by atoms with Gasteiger partial charge in [-0.3, -0.25) is 23.7 Å². The number of nitrogens with one attached hydrogen (secondary N) is 1. The second kappa shape index (κ2) is 10.2. The molecule has 10 nitrogen and oxygen atoms in total. The number of aromatic nitrogens is 4. The molecule has 0 aliphatic carbocycles. The zero-order valence-corrected chi connectivity index (χ0v) is 22.1. The molecule has 2 aromatic carbocycles. The molecule has 192 valence electrons. The zero-order chi connectivity index (χ0) is 27.0. The van der Waals surface area contributed by atoms with Gasteiger partial charge in [-0.15, -0.1) is 21.5 Å². The third-order valence-electron chi connectivity index (χ3n) is 5.96. The number of carbonyl (C=O) groups is 3. The van der Waals surface area contributed by atoms with Gasteiger partial charge >= 0.3 is 0 Å². The van der Waals surface area contributed by atoms with Gasteiger partial charge in [0.2, 0.25) is 11.7 Å². The van der Waals surface area contributed by atoms with Crippen molar-refractivity contribution < 1.29 is 14.4 Å². The first kappa shape index (κ1) is 25.4. The average Bonchev–Trinajstić information content (AvgIpc) is 3.47. The fourth-order valence-corrected chi connectivity index (χ4v) is 6.04. The van der Waals surface area contributed by atoms with Crippen LogP contribution in [0.4, 0.5) is 5.69 Å². The van der Waals surface area contributed by atoms with Crippen LogP contribution in [-0.4, -0.2) is 42.5 Å². The van der Waals surface area contributed by atoms with Crippen molar-refractivity contribution in [2.75, 3.05) is 11.1 Å². The molecule has 3 heterocycles. The number of aryl methyl sites for hydroxylation is 1. The van der Waals surface area contributed by atoms with E-state index >= 15 is 0 Å². The summed E-state index contributed by atoms with van der Waals surface area (Å²) in [6.45, 7) is 3.42. The van der Waals surface area contributed by atoms with Crippen LogP contribution >= 0.6 is 23.1 Å². The third kappa shape index (κ3) is 4.71. The van der Waals surface area contributed by atoms with Crippen LogP contribution in [0.5, 0.6) is 0 Å². The van der Waals surface area contributed by atoms with Gasteiger partial charge in [-0.05, 0) is 49.2 Å². The standard InChI is InChI=1S/C26H22N6O4S2/c1-14-20-23(36)31(12-16-6-4-3-5-7-16)25-29-30-26(32(25)24(20)38-21(14)22(27)35)37-13-19(34)28-18-10-8-17(9-11-18)15(2)33/h3-11H,12-13H2,1-2H3,(H2,27,35)(H,28,34). The Morgan fingerprint density at radius 3 is 2.42 bits per heavy atom. The Hall–Kier alpha value is -4.29. The normalized spacial score (nSPS) is 11.2. The number of nitrogens with zero attached hydrogens (tertiary/aromatic N) is 4. The number of fused-ring (bicyclic) bond motifs is 3. The summed E-state index contributed by atoms with van der Waals surface area (Å²) in [7, 11) is 0. The summed E-state index contributed by atoms with van der Waals surface area (Å²) in [4.78, 5) is 50.6. The molecule has 2 amide bonds. The van der Waals surface area contributed by atoms with Crippen LogP contribution in [0.25, 0.3) is 16.0 Å². The monoisotopic (exact) mass is 546 g/mol. The maximum absolute atomic E-state index is 13.6. The number of carbonyl (C=O) groups excluding carboxylic acids is 3. The summed E-state index contributed by atoms with van der Waals surface area (Å²) in [5.74, 6) is -0.648. The number of nitrogens with two attached hydrogens (primary N) is 1. The first-order valence-corrected chi connectivity index (χ1v) is 13.3. The van der Waals surface area contributed by atoms with E-state index in [0.717, 1.165) is 28.7 Å². The van der Waals surface area contributed by atoms with Crippen LogP contribution in [0.3, 0.4) is 0 Å². The van der Waals surface area contributed by atoms with Gasteiger partial charge in [0.05, 0.1) is 22.6 Å². The lowest BCUT2D eigenvalue weighted by molar-refractivity contribution is -0.113. The molecule has 0 saturated carbocycles. The van der Waals surface area contributed by atoms with E-state index in [1.165, 1.54) is 11.5 Å². The first-order valence-electron chi connectivity index (χ1n) is 11.5. The van der Waals surface area contributed by atoms with Crippen molar-refractivity contribution in [3.63, 3.8) is 0 Å². The number of anilines is 1. The van der Waals surface area contributed by atoms with E-state index in [9.17, 15) is 19.2 Å². The van der Waals surface area contributed by atoms with Crippen LogP contribution in [-0.2, 0) is 11.3 Å². The summed E-state index contributed by atoms with van der Waals surface area (Å²) in [6, 6.07) is 16.1. The number of thioether (sulfide) groups is 1. The molecule has 3 N–H and O–H groups in total. The topological polar surface area (TPSA) is 141 Å². The van der Waals surface area contributed by atoms with Gasteiger partial charge in [0.25, 0.3) is 11.5 Å². The van der Waals surface area contributed by atoms with Gasteiger partial charge in [-0.2, -0.15) is 0 Å². The minimum Gasteiger partial charge on any atom is -0.365 e. The van der Waals surface area contributed by atoms with Crippen LogP contribution in [0.15, 0.2) is 64.5 Å². The minimum absolute atomic E-state index is 0.0155. The van der Waals surface area contributed by atoms with Gasteiger partial charge in [-0.1, -0.05) is 42.1 Å². The lowest BCUT2D eigenvalue weighted by Crippen LogP contribution is -2.24. The quantitative estimate of drug-likeness (QED) is 0.224. The van der Waals surface area contributed by atoms with E-state index in [2.05, 4.69) is 15.5 Å². The summed E-state index contributed by atoms with van der Waals surface area (Å²) < 4.78 is 3.21. The number of amides is 2. The van der Waals surface area contributed by atoms with Crippen LogP contribution in [0, 0.1) is 6.92 Å². The lowest BCUT2D eigenvalue weighted by atomic mass is 10.1. The molecular formula is C26H22N6O4S2. The minimum atomic E-state index is -0.622. The van der Waals surface area contributed by atoms with Crippen molar-refractivity contribution in [2.24, 2.45) is 5.73 Å².